The zero-order chi connectivity index (χ0) is 17.2. The molecule has 1 atom stereocenters. The van der Waals surface area contributed by atoms with E-state index in [4.69, 9.17) is 4.74 Å². The van der Waals surface area contributed by atoms with Crippen molar-refractivity contribution in [3.63, 3.8) is 0 Å². The smallest absolute Gasteiger partial charge is 0.213 e. The molecule has 0 amide bonds. The van der Waals surface area contributed by atoms with Gasteiger partial charge in [0.2, 0.25) is 5.88 Å². The van der Waals surface area contributed by atoms with Gasteiger partial charge >= 0.3 is 0 Å². The molecule has 1 heterocycles. The number of hydrogen-bond acceptors (Lipinski definition) is 4. The van der Waals surface area contributed by atoms with Crippen molar-refractivity contribution in [2.45, 2.75) is 23.6 Å². The van der Waals surface area contributed by atoms with Crippen molar-refractivity contribution in [2.75, 3.05) is 20.7 Å². The molecule has 0 aliphatic heterocycles. The van der Waals surface area contributed by atoms with E-state index in [9.17, 15) is 0 Å². The summed E-state index contributed by atoms with van der Waals surface area (Å²) in [7, 11) is 3.39. The number of benzene rings is 1. The second kappa shape index (κ2) is 12.0. The lowest BCUT2D eigenvalue weighted by Gasteiger charge is -2.16. The van der Waals surface area contributed by atoms with Crippen molar-refractivity contribution in [1.82, 2.24) is 15.6 Å². The zero-order valence-corrected chi connectivity index (χ0v) is 17.9. The molecule has 1 aromatic carbocycles. The van der Waals surface area contributed by atoms with Gasteiger partial charge in [0.05, 0.1) is 7.11 Å². The van der Waals surface area contributed by atoms with E-state index in [0.29, 0.717) is 17.7 Å². The Morgan fingerprint density at radius 1 is 1.24 bits per heavy atom. The molecule has 1 unspecified atom stereocenters. The number of thioether (sulfide) groups is 1. The summed E-state index contributed by atoms with van der Waals surface area (Å²) >= 11 is 1.85. The number of halogens is 1. The zero-order valence-electron chi connectivity index (χ0n) is 14.7. The number of pyridine rings is 1. The first-order valence-corrected chi connectivity index (χ1v) is 8.74. The van der Waals surface area contributed by atoms with E-state index < -0.39 is 0 Å². The SMILES string of the molecule is CN=C(NCc1ccnc(OC)c1)NCC(C)Sc1ccccc1.I. The Morgan fingerprint density at radius 3 is 2.68 bits per heavy atom. The van der Waals surface area contributed by atoms with E-state index in [-0.39, 0.29) is 24.0 Å². The molecule has 2 N–H and O–H groups in total. The minimum absolute atomic E-state index is 0. The van der Waals surface area contributed by atoms with Gasteiger partial charge in [-0.3, -0.25) is 4.99 Å². The van der Waals surface area contributed by atoms with Crippen molar-refractivity contribution in [3.8, 4) is 5.88 Å². The quantitative estimate of drug-likeness (QED) is 0.280. The second-order valence-electron chi connectivity index (χ2n) is 5.25. The van der Waals surface area contributed by atoms with Crippen molar-refractivity contribution in [1.29, 1.82) is 0 Å². The molecule has 0 saturated carbocycles. The van der Waals surface area contributed by atoms with E-state index in [1.807, 2.05) is 30.0 Å². The van der Waals surface area contributed by atoms with Crippen LogP contribution in [0.15, 0.2) is 58.5 Å². The van der Waals surface area contributed by atoms with E-state index >= 15 is 0 Å². The summed E-state index contributed by atoms with van der Waals surface area (Å²) in [4.78, 5) is 9.65. The highest BCUT2D eigenvalue weighted by Crippen LogP contribution is 2.21. The Bertz CT molecular complexity index is 655. The van der Waals surface area contributed by atoms with Crippen LogP contribution in [0, 0.1) is 0 Å². The fourth-order valence-electron chi connectivity index (χ4n) is 2.09. The van der Waals surface area contributed by atoms with Crippen LogP contribution in [0.25, 0.3) is 0 Å². The number of nitrogens with zero attached hydrogens (tertiary/aromatic N) is 2. The fourth-order valence-corrected chi connectivity index (χ4v) is 3.04. The molecule has 5 nitrogen and oxygen atoms in total. The third-order valence-corrected chi connectivity index (χ3v) is 4.44. The van der Waals surface area contributed by atoms with Crippen molar-refractivity contribution in [3.05, 3.63) is 54.2 Å². The standard InChI is InChI=1S/C18H24N4OS.HI/c1-14(24-16-7-5-4-6-8-16)12-21-18(19-2)22-13-15-9-10-20-17(11-15)23-3;/h4-11,14H,12-13H2,1-3H3,(H2,19,21,22);1H. The molecule has 2 aromatic rings. The first-order valence-electron chi connectivity index (χ1n) is 7.86. The maximum Gasteiger partial charge on any atom is 0.213 e. The van der Waals surface area contributed by atoms with E-state index in [1.54, 1.807) is 20.4 Å². The predicted molar refractivity (Wildman–Crippen MR) is 116 cm³/mol. The average Bonchev–Trinajstić information content (AvgIpc) is 2.63. The monoisotopic (exact) mass is 472 g/mol. The third kappa shape index (κ3) is 7.96. The lowest BCUT2D eigenvalue weighted by atomic mass is 10.2. The lowest BCUT2D eigenvalue weighted by molar-refractivity contribution is 0.397. The average molecular weight is 472 g/mol. The molecular formula is C18H25IN4OS. The van der Waals surface area contributed by atoms with Crippen LogP contribution in [0.3, 0.4) is 0 Å². The molecule has 7 heteroatoms. The number of aromatic nitrogens is 1. The van der Waals surface area contributed by atoms with Gasteiger partial charge in [0.25, 0.3) is 0 Å². The summed E-state index contributed by atoms with van der Waals surface area (Å²) < 4.78 is 5.14. The summed E-state index contributed by atoms with van der Waals surface area (Å²) in [6, 6.07) is 14.3. The fraction of sp³-hybridized carbons (Fsp3) is 0.333. The molecule has 0 radical (unpaired) electrons. The minimum Gasteiger partial charge on any atom is -0.481 e. The van der Waals surface area contributed by atoms with E-state index in [0.717, 1.165) is 18.1 Å². The second-order valence-corrected chi connectivity index (χ2v) is 6.77. The van der Waals surface area contributed by atoms with Crippen LogP contribution in [0.5, 0.6) is 5.88 Å². The van der Waals surface area contributed by atoms with Crippen LogP contribution in [-0.4, -0.2) is 36.9 Å². The molecule has 0 fully saturated rings. The Kier molecular flexibility index (Phi) is 10.3. The molecule has 136 valence electrons. The number of nitrogens with one attached hydrogen (secondary N) is 2. The van der Waals surface area contributed by atoms with Crippen LogP contribution < -0.4 is 15.4 Å². The summed E-state index contributed by atoms with van der Waals surface area (Å²) in [5.74, 6) is 1.40. The molecule has 0 aliphatic carbocycles. The van der Waals surface area contributed by atoms with Crippen LogP contribution in [0.4, 0.5) is 0 Å². The Labute approximate surface area is 171 Å². The predicted octanol–water partition coefficient (Wildman–Crippen LogP) is 3.55. The largest absolute Gasteiger partial charge is 0.481 e. The number of hydrogen-bond donors (Lipinski definition) is 2. The summed E-state index contributed by atoms with van der Waals surface area (Å²) in [5, 5.41) is 7.10. The molecule has 0 saturated heterocycles. The van der Waals surface area contributed by atoms with Crippen LogP contribution in [0.2, 0.25) is 0 Å². The highest BCUT2D eigenvalue weighted by atomic mass is 127. The number of rotatable bonds is 7. The van der Waals surface area contributed by atoms with Crippen LogP contribution >= 0.6 is 35.7 Å². The Balaban J connectivity index is 0.00000312. The number of ether oxygens (including phenoxy) is 1. The third-order valence-electron chi connectivity index (χ3n) is 3.33. The first kappa shape index (κ1) is 21.6. The lowest BCUT2D eigenvalue weighted by Crippen LogP contribution is -2.39. The highest BCUT2D eigenvalue weighted by molar-refractivity contribution is 14.0. The van der Waals surface area contributed by atoms with Gasteiger partial charge in [0, 0.05) is 42.5 Å². The van der Waals surface area contributed by atoms with Gasteiger partial charge in [0.1, 0.15) is 0 Å². The molecule has 0 aliphatic rings. The van der Waals surface area contributed by atoms with Crippen LogP contribution in [-0.2, 0) is 6.54 Å². The van der Waals surface area contributed by atoms with Gasteiger partial charge < -0.3 is 15.4 Å². The number of methoxy groups -OCH3 is 1. The first-order chi connectivity index (χ1) is 11.7. The van der Waals surface area contributed by atoms with Gasteiger partial charge in [-0.1, -0.05) is 25.1 Å². The normalized spacial score (nSPS) is 12.0. The minimum atomic E-state index is 0. The van der Waals surface area contributed by atoms with Crippen LogP contribution in [0.1, 0.15) is 12.5 Å². The summed E-state index contributed by atoms with van der Waals surface area (Å²) in [5.41, 5.74) is 1.09. The van der Waals surface area contributed by atoms with E-state index in [2.05, 4.69) is 51.8 Å². The molecule has 25 heavy (non-hydrogen) atoms. The highest BCUT2D eigenvalue weighted by Gasteiger charge is 2.06. The maximum absolute atomic E-state index is 5.14. The van der Waals surface area contributed by atoms with Gasteiger partial charge in [-0.15, -0.1) is 35.7 Å². The topological polar surface area (TPSA) is 58.5 Å². The number of aliphatic imine (C=N–C) groups is 1. The van der Waals surface area contributed by atoms with Gasteiger partial charge in [-0.2, -0.15) is 0 Å². The molecule has 1 aromatic heterocycles. The Morgan fingerprint density at radius 2 is 2.00 bits per heavy atom. The van der Waals surface area contributed by atoms with Crippen molar-refractivity contribution < 1.29 is 4.74 Å². The van der Waals surface area contributed by atoms with E-state index in [1.165, 1.54) is 4.90 Å². The summed E-state index contributed by atoms with van der Waals surface area (Å²) in [6.07, 6.45) is 1.74. The molecule has 0 spiro atoms. The number of guanidine groups is 1. The molecule has 0 bridgehead atoms. The van der Waals surface area contributed by atoms with Crippen molar-refractivity contribution >= 4 is 41.7 Å². The molecular weight excluding hydrogens is 447 g/mol. The summed E-state index contributed by atoms with van der Waals surface area (Å²) in [6.45, 7) is 3.70. The van der Waals surface area contributed by atoms with Gasteiger partial charge in [-0.25, -0.2) is 4.98 Å². The maximum atomic E-state index is 5.14. The Hall–Kier alpha value is -1.48. The molecule has 2 rings (SSSR count). The van der Waals surface area contributed by atoms with Crippen molar-refractivity contribution in [2.24, 2.45) is 4.99 Å². The van der Waals surface area contributed by atoms with Gasteiger partial charge in [0.15, 0.2) is 5.96 Å². The van der Waals surface area contributed by atoms with Gasteiger partial charge in [-0.05, 0) is 23.8 Å².